The summed E-state index contributed by atoms with van der Waals surface area (Å²) in [6.45, 7) is 1.76. The second kappa shape index (κ2) is 2.44. The SMILES string of the molecule is Cc1nc2cccc(C=O)c2o1. The average molecular weight is 161 g/mol. The Bertz CT molecular complexity index is 431. The van der Waals surface area contributed by atoms with Gasteiger partial charge in [-0.3, -0.25) is 4.79 Å². The number of oxazole rings is 1. The standard InChI is InChI=1S/C9H7NO2/c1-6-10-8-4-2-3-7(5-11)9(8)12-6/h2-5H,1H3. The molecule has 1 aromatic carbocycles. The molecule has 3 heteroatoms. The van der Waals surface area contributed by atoms with Crippen molar-refractivity contribution in [2.45, 2.75) is 6.92 Å². The molecule has 0 radical (unpaired) electrons. The van der Waals surface area contributed by atoms with Gasteiger partial charge in [-0.15, -0.1) is 0 Å². The maximum Gasteiger partial charge on any atom is 0.192 e. The minimum Gasteiger partial charge on any atom is -0.440 e. The number of aryl methyl sites for hydroxylation is 1. The van der Waals surface area contributed by atoms with Gasteiger partial charge in [0.2, 0.25) is 0 Å². The van der Waals surface area contributed by atoms with E-state index in [0.29, 0.717) is 17.0 Å². The molecule has 0 fully saturated rings. The van der Waals surface area contributed by atoms with Crippen molar-refractivity contribution < 1.29 is 9.21 Å². The van der Waals surface area contributed by atoms with E-state index in [-0.39, 0.29) is 0 Å². The van der Waals surface area contributed by atoms with Crippen LogP contribution in [0.1, 0.15) is 16.2 Å². The number of hydrogen-bond donors (Lipinski definition) is 0. The van der Waals surface area contributed by atoms with Gasteiger partial charge in [-0.25, -0.2) is 4.98 Å². The zero-order valence-corrected chi connectivity index (χ0v) is 6.57. The summed E-state index contributed by atoms with van der Waals surface area (Å²) in [7, 11) is 0. The topological polar surface area (TPSA) is 43.1 Å². The smallest absolute Gasteiger partial charge is 0.192 e. The number of hydrogen-bond acceptors (Lipinski definition) is 3. The summed E-state index contributed by atoms with van der Waals surface area (Å²) in [4.78, 5) is 14.6. The second-order valence-corrected chi connectivity index (χ2v) is 2.55. The summed E-state index contributed by atoms with van der Waals surface area (Å²) >= 11 is 0. The van der Waals surface area contributed by atoms with Gasteiger partial charge in [0.05, 0.1) is 5.56 Å². The first-order chi connectivity index (χ1) is 5.81. The summed E-state index contributed by atoms with van der Waals surface area (Å²) in [6.07, 6.45) is 0.771. The van der Waals surface area contributed by atoms with E-state index in [4.69, 9.17) is 4.42 Å². The van der Waals surface area contributed by atoms with Crippen molar-refractivity contribution in [3.8, 4) is 0 Å². The lowest BCUT2D eigenvalue weighted by Crippen LogP contribution is -1.78. The fraction of sp³-hybridized carbons (Fsp3) is 0.111. The highest BCUT2D eigenvalue weighted by Gasteiger charge is 2.05. The zero-order valence-electron chi connectivity index (χ0n) is 6.57. The number of carbonyl (C=O) groups excluding carboxylic acids is 1. The molecule has 0 atom stereocenters. The number of aromatic nitrogens is 1. The lowest BCUT2D eigenvalue weighted by molar-refractivity contribution is 0.112. The van der Waals surface area contributed by atoms with E-state index in [0.717, 1.165) is 11.8 Å². The van der Waals surface area contributed by atoms with Crippen molar-refractivity contribution in [3.63, 3.8) is 0 Å². The summed E-state index contributed by atoms with van der Waals surface area (Å²) < 4.78 is 5.25. The van der Waals surface area contributed by atoms with E-state index in [1.54, 1.807) is 19.1 Å². The van der Waals surface area contributed by atoms with Crippen LogP contribution in [0.3, 0.4) is 0 Å². The predicted molar refractivity (Wildman–Crippen MR) is 44.1 cm³/mol. The average Bonchev–Trinajstić information content (AvgIpc) is 2.44. The van der Waals surface area contributed by atoms with E-state index < -0.39 is 0 Å². The largest absolute Gasteiger partial charge is 0.440 e. The van der Waals surface area contributed by atoms with Crippen LogP contribution in [0.2, 0.25) is 0 Å². The van der Waals surface area contributed by atoms with E-state index in [1.165, 1.54) is 0 Å². The van der Waals surface area contributed by atoms with Gasteiger partial charge >= 0.3 is 0 Å². The molecule has 0 N–H and O–H groups in total. The highest BCUT2D eigenvalue weighted by Crippen LogP contribution is 2.17. The van der Waals surface area contributed by atoms with Crippen molar-refractivity contribution in [1.29, 1.82) is 0 Å². The Kier molecular flexibility index (Phi) is 1.43. The molecule has 0 unspecified atom stereocenters. The van der Waals surface area contributed by atoms with Crippen molar-refractivity contribution in [1.82, 2.24) is 4.98 Å². The van der Waals surface area contributed by atoms with Crippen LogP contribution in [0.25, 0.3) is 11.1 Å². The summed E-state index contributed by atoms with van der Waals surface area (Å²) in [5.41, 5.74) is 1.86. The van der Waals surface area contributed by atoms with Crippen LogP contribution >= 0.6 is 0 Å². The molecule has 0 saturated carbocycles. The molecule has 0 bridgehead atoms. The number of carbonyl (C=O) groups is 1. The highest BCUT2D eigenvalue weighted by atomic mass is 16.3. The van der Waals surface area contributed by atoms with Crippen molar-refractivity contribution in [2.75, 3.05) is 0 Å². The molecule has 60 valence electrons. The number of aldehydes is 1. The fourth-order valence-electron chi connectivity index (χ4n) is 1.17. The predicted octanol–water partition coefficient (Wildman–Crippen LogP) is 1.95. The molecule has 0 aliphatic carbocycles. The molecule has 0 saturated heterocycles. The lowest BCUT2D eigenvalue weighted by Gasteiger charge is -1.88. The molecule has 0 amide bonds. The fourth-order valence-corrected chi connectivity index (χ4v) is 1.17. The minimum absolute atomic E-state index is 0.549. The zero-order chi connectivity index (χ0) is 8.55. The number of fused-ring (bicyclic) bond motifs is 1. The van der Waals surface area contributed by atoms with E-state index in [9.17, 15) is 4.79 Å². The Morgan fingerprint density at radius 3 is 3.08 bits per heavy atom. The van der Waals surface area contributed by atoms with E-state index in [1.807, 2.05) is 6.07 Å². The Labute approximate surface area is 69.0 Å². The van der Waals surface area contributed by atoms with Gasteiger partial charge in [0, 0.05) is 6.92 Å². The molecule has 0 spiro atoms. The first kappa shape index (κ1) is 7.03. The number of rotatable bonds is 1. The molecule has 12 heavy (non-hydrogen) atoms. The molecule has 1 heterocycles. The molecule has 2 rings (SSSR count). The van der Waals surface area contributed by atoms with Gasteiger partial charge in [-0.1, -0.05) is 6.07 Å². The molecule has 3 nitrogen and oxygen atoms in total. The minimum atomic E-state index is 0.549. The quantitative estimate of drug-likeness (QED) is 0.600. The number of para-hydroxylation sites is 1. The van der Waals surface area contributed by atoms with Gasteiger partial charge in [0.25, 0.3) is 0 Å². The first-order valence-corrected chi connectivity index (χ1v) is 3.62. The summed E-state index contributed by atoms with van der Waals surface area (Å²) in [5.74, 6) is 0.583. The van der Waals surface area contributed by atoms with Crippen LogP contribution in [-0.4, -0.2) is 11.3 Å². The normalized spacial score (nSPS) is 10.4. The Balaban J connectivity index is 2.86. The molecule has 1 aromatic heterocycles. The van der Waals surface area contributed by atoms with Gasteiger partial charge in [-0.05, 0) is 12.1 Å². The van der Waals surface area contributed by atoms with Crippen LogP contribution in [-0.2, 0) is 0 Å². The van der Waals surface area contributed by atoms with Crippen molar-refractivity contribution >= 4 is 17.4 Å². The van der Waals surface area contributed by atoms with Gasteiger partial charge < -0.3 is 4.42 Å². The Morgan fingerprint density at radius 2 is 2.33 bits per heavy atom. The molecule has 2 aromatic rings. The number of nitrogens with zero attached hydrogens (tertiary/aromatic N) is 1. The van der Waals surface area contributed by atoms with Crippen molar-refractivity contribution in [2.24, 2.45) is 0 Å². The first-order valence-electron chi connectivity index (χ1n) is 3.62. The molecular formula is C9H7NO2. The molecule has 0 aliphatic heterocycles. The van der Waals surface area contributed by atoms with Crippen LogP contribution in [0.5, 0.6) is 0 Å². The third kappa shape index (κ3) is 0.906. The van der Waals surface area contributed by atoms with Gasteiger partial charge in [0.15, 0.2) is 17.8 Å². The Hall–Kier alpha value is -1.64. The van der Waals surface area contributed by atoms with Crippen molar-refractivity contribution in [3.05, 3.63) is 29.7 Å². The van der Waals surface area contributed by atoms with Gasteiger partial charge in [0.1, 0.15) is 5.52 Å². The highest BCUT2D eigenvalue weighted by molar-refractivity contribution is 5.92. The maximum atomic E-state index is 10.5. The van der Waals surface area contributed by atoms with Crippen LogP contribution < -0.4 is 0 Å². The van der Waals surface area contributed by atoms with Crippen LogP contribution in [0.4, 0.5) is 0 Å². The van der Waals surface area contributed by atoms with Crippen LogP contribution in [0.15, 0.2) is 22.6 Å². The summed E-state index contributed by atoms with van der Waals surface area (Å²) in [6, 6.07) is 5.31. The monoisotopic (exact) mass is 161 g/mol. The lowest BCUT2D eigenvalue weighted by atomic mass is 10.2. The van der Waals surface area contributed by atoms with Gasteiger partial charge in [-0.2, -0.15) is 0 Å². The third-order valence-electron chi connectivity index (χ3n) is 1.68. The third-order valence-corrected chi connectivity index (χ3v) is 1.68. The van der Waals surface area contributed by atoms with E-state index in [2.05, 4.69) is 4.98 Å². The molecule has 0 aliphatic rings. The summed E-state index contributed by atoms with van der Waals surface area (Å²) in [5, 5.41) is 0. The number of benzene rings is 1. The van der Waals surface area contributed by atoms with Crippen LogP contribution in [0, 0.1) is 6.92 Å². The molecular weight excluding hydrogens is 154 g/mol. The Morgan fingerprint density at radius 1 is 1.50 bits per heavy atom. The second-order valence-electron chi connectivity index (χ2n) is 2.55. The van der Waals surface area contributed by atoms with E-state index >= 15 is 0 Å². The maximum absolute atomic E-state index is 10.5.